The molecule has 0 aliphatic carbocycles. The van der Waals surface area contributed by atoms with E-state index in [2.05, 4.69) is 0 Å². The zero-order chi connectivity index (χ0) is 11.7. The smallest absolute Gasteiger partial charge is 0.214 e. The summed E-state index contributed by atoms with van der Waals surface area (Å²) in [5.41, 5.74) is -4.46. The van der Waals surface area contributed by atoms with E-state index in [1.807, 2.05) is 22.6 Å². The van der Waals surface area contributed by atoms with Gasteiger partial charge in [-0.3, -0.25) is 0 Å². The van der Waals surface area contributed by atoms with Gasteiger partial charge in [-0.1, -0.05) is 34.7 Å². The molecule has 0 N–H and O–H groups in total. The van der Waals surface area contributed by atoms with Gasteiger partial charge in [0.2, 0.25) is 0 Å². The van der Waals surface area contributed by atoms with Gasteiger partial charge in [0.05, 0.1) is 4.90 Å². The van der Waals surface area contributed by atoms with Crippen LogP contribution in [0.1, 0.15) is 5.56 Å². The van der Waals surface area contributed by atoms with Crippen molar-refractivity contribution in [3.63, 3.8) is 0 Å². The van der Waals surface area contributed by atoms with Gasteiger partial charge < -0.3 is 0 Å². The van der Waals surface area contributed by atoms with Crippen LogP contribution in [-0.2, 0) is 14.3 Å². The van der Waals surface area contributed by atoms with Crippen molar-refractivity contribution in [2.45, 2.75) is 14.8 Å². The van der Waals surface area contributed by atoms with E-state index < -0.39 is 20.2 Å². The molecule has 0 bridgehead atoms. The Labute approximate surface area is 98.5 Å². The summed E-state index contributed by atoms with van der Waals surface area (Å²) in [5, 5.41) is 0. The van der Waals surface area contributed by atoms with Crippen LogP contribution in [0.25, 0.3) is 0 Å². The lowest BCUT2D eigenvalue weighted by atomic mass is 10.2. The summed E-state index contributed by atoms with van der Waals surface area (Å²) in [5.74, 6) is 0. The molecule has 0 fully saturated rings. The summed E-state index contributed by atoms with van der Waals surface area (Å²) in [7, 11) is -5.20. The molecule has 15 heavy (non-hydrogen) atoms. The van der Waals surface area contributed by atoms with Gasteiger partial charge in [0, 0.05) is 4.43 Å². The van der Waals surface area contributed by atoms with Gasteiger partial charge in [-0.05, 0) is 17.7 Å². The van der Waals surface area contributed by atoms with E-state index in [1.165, 1.54) is 12.1 Å². The lowest BCUT2D eigenvalue weighted by Gasteiger charge is -2.07. The van der Waals surface area contributed by atoms with Crippen molar-refractivity contribution in [3.8, 4) is 0 Å². The quantitative estimate of drug-likeness (QED) is 0.607. The molecule has 0 spiro atoms. The summed E-state index contributed by atoms with van der Waals surface area (Å²) in [4.78, 5) is -0.719. The van der Waals surface area contributed by atoms with E-state index in [0.29, 0.717) is 4.43 Å². The molecule has 1 rings (SSSR count). The van der Waals surface area contributed by atoms with E-state index in [1.54, 1.807) is 0 Å². The van der Waals surface area contributed by atoms with Crippen molar-refractivity contribution in [2.24, 2.45) is 0 Å². The topological polar surface area (TPSA) is 34.1 Å². The molecule has 2 nitrogen and oxygen atoms in total. The first-order valence-corrected chi connectivity index (χ1v) is 6.76. The van der Waals surface area contributed by atoms with Gasteiger partial charge in [0.15, 0.2) is 0 Å². The molecule has 0 heterocycles. The summed E-state index contributed by atoms with van der Waals surface area (Å²) >= 11 is 2.03. The number of rotatable bonds is 2. The van der Waals surface area contributed by atoms with Crippen LogP contribution in [-0.4, -0.2) is 13.9 Å². The molecular formula is C8H6F3IO2S. The molecule has 0 atom stereocenters. The molecule has 0 aliphatic rings. The first-order valence-electron chi connectivity index (χ1n) is 3.75. The van der Waals surface area contributed by atoms with Crippen molar-refractivity contribution in [1.82, 2.24) is 0 Å². The third-order valence-corrected chi connectivity index (χ3v) is 4.08. The van der Waals surface area contributed by atoms with Crippen molar-refractivity contribution in [3.05, 3.63) is 29.8 Å². The zero-order valence-corrected chi connectivity index (χ0v) is 10.2. The Bertz CT molecular complexity index is 436. The minimum absolute atomic E-state index is 0.615. The van der Waals surface area contributed by atoms with Crippen LogP contribution in [0.3, 0.4) is 0 Å². The van der Waals surface area contributed by atoms with Crippen molar-refractivity contribution < 1.29 is 21.6 Å². The van der Waals surface area contributed by atoms with Gasteiger partial charge in [0.25, 0.3) is 9.84 Å². The highest BCUT2D eigenvalue weighted by Gasteiger charge is 2.46. The maximum absolute atomic E-state index is 12.1. The van der Waals surface area contributed by atoms with Gasteiger partial charge in [-0.25, -0.2) is 8.42 Å². The summed E-state index contributed by atoms with van der Waals surface area (Å²) in [6.45, 7) is 0. The largest absolute Gasteiger partial charge is 0.501 e. The van der Waals surface area contributed by atoms with Crippen LogP contribution in [0.15, 0.2) is 29.2 Å². The molecule has 0 saturated carbocycles. The Morgan fingerprint density at radius 2 is 1.60 bits per heavy atom. The zero-order valence-electron chi connectivity index (χ0n) is 7.25. The predicted molar refractivity (Wildman–Crippen MR) is 57.4 cm³/mol. The Hall–Kier alpha value is -0.310. The predicted octanol–water partition coefficient (Wildman–Crippen LogP) is 2.92. The lowest BCUT2D eigenvalue weighted by molar-refractivity contribution is -0.0436. The van der Waals surface area contributed by atoms with Crippen molar-refractivity contribution in [2.75, 3.05) is 0 Å². The molecule has 0 saturated heterocycles. The van der Waals surface area contributed by atoms with Crippen molar-refractivity contribution in [1.29, 1.82) is 0 Å². The maximum atomic E-state index is 12.1. The Morgan fingerprint density at radius 1 is 1.13 bits per heavy atom. The number of alkyl halides is 4. The van der Waals surface area contributed by atoms with E-state index in [4.69, 9.17) is 0 Å². The minimum atomic E-state index is -5.24. The van der Waals surface area contributed by atoms with Gasteiger partial charge >= 0.3 is 5.51 Å². The molecular weight excluding hydrogens is 344 g/mol. The van der Waals surface area contributed by atoms with Crippen LogP contribution >= 0.6 is 22.6 Å². The van der Waals surface area contributed by atoms with Gasteiger partial charge in [-0.2, -0.15) is 13.2 Å². The molecule has 7 heteroatoms. The fourth-order valence-corrected chi connectivity index (χ4v) is 2.16. The Balaban J connectivity index is 3.18. The van der Waals surface area contributed by atoms with E-state index >= 15 is 0 Å². The van der Waals surface area contributed by atoms with Crippen LogP contribution < -0.4 is 0 Å². The monoisotopic (exact) mass is 350 g/mol. The molecule has 0 unspecified atom stereocenters. The summed E-state index contributed by atoms with van der Waals surface area (Å²) in [6.07, 6.45) is 0. The maximum Gasteiger partial charge on any atom is 0.501 e. The molecule has 0 amide bonds. The highest BCUT2D eigenvalue weighted by molar-refractivity contribution is 14.1. The standard InChI is InChI=1S/C8H6F3IO2S/c9-8(10,11)15(13,14)7-3-1-6(5-12)2-4-7/h1-4H,5H2. The number of halogens is 4. The van der Waals surface area contributed by atoms with Gasteiger partial charge in [-0.15, -0.1) is 0 Å². The Kier molecular flexibility index (Phi) is 3.64. The first-order chi connectivity index (χ1) is 6.79. The second kappa shape index (κ2) is 4.28. The fourth-order valence-electron chi connectivity index (χ4n) is 0.891. The van der Waals surface area contributed by atoms with E-state index in [0.717, 1.165) is 17.7 Å². The summed E-state index contributed by atoms with van der Waals surface area (Å²) in [6, 6.07) is 4.67. The number of benzene rings is 1. The van der Waals surface area contributed by atoms with E-state index in [-0.39, 0.29) is 0 Å². The van der Waals surface area contributed by atoms with Crippen LogP contribution in [0.4, 0.5) is 13.2 Å². The van der Waals surface area contributed by atoms with E-state index in [9.17, 15) is 21.6 Å². The first kappa shape index (κ1) is 12.8. The fraction of sp³-hybridized carbons (Fsp3) is 0.250. The normalized spacial score (nSPS) is 12.8. The lowest BCUT2D eigenvalue weighted by Crippen LogP contribution is -2.23. The van der Waals surface area contributed by atoms with Crippen molar-refractivity contribution >= 4 is 32.4 Å². The third-order valence-electron chi connectivity index (χ3n) is 1.69. The SMILES string of the molecule is O=S(=O)(c1ccc(CI)cc1)C(F)(F)F. The van der Waals surface area contributed by atoms with Crippen LogP contribution in [0.2, 0.25) is 0 Å². The summed E-state index contributed by atoms with van der Waals surface area (Å²) < 4.78 is 58.8. The number of hydrogen-bond acceptors (Lipinski definition) is 2. The second-order valence-corrected chi connectivity index (χ2v) is 5.43. The molecule has 1 aromatic carbocycles. The molecule has 0 radical (unpaired) electrons. The second-order valence-electron chi connectivity index (χ2n) is 2.73. The van der Waals surface area contributed by atoms with Crippen LogP contribution in [0.5, 0.6) is 0 Å². The average molecular weight is 350 g/mol. The van der Waals surface area contributed by atoms with Gasteiger partial charge in [0.1, 0.15) is 0 Å². The molecule has 0 aliphatic heterocycles. The number of sulfone groups is 1. The average Bonchev–Trinajstić information content (AvgIpc) is 2.16. The molecule has 1 aromatic rings. The third kappa shape index (κ3) is 2.63. The highest BCUT2D eigenvalue weighted by Crippen LogP contribution is 2.30. The molecule has 84 valence electrons. The highest BCUT2D eigenvalue weighted by atomic mass is 127. The minimum Gasteiger partial charge on any atom is -0.214 e. The Morgan fingerprint density at radius 3 is 1.93 bits per heavy atom. The van der Waals surface area contributed by atoms with Crippen LogP contribution in [0, 0.1) is 0 Å². The molecule has 0 aromatic heterocycles. The number of hydrogen-bond donors (Lipinski definition) is 0.